The van der Waals surface area contributed by atoms with Crippen LogP contribution in [0.3, 0.4) is 0 Å². The van der Waals surface area contributed by atoms with Crippen molar-refractivity contribution in [3.63, 3.8) is 0 Å². The molecule has 0 radical (unpaired) electrons. The molecule has 112 valence electrons. The van der Waals surface area contributed by atoms with Gasteiger partial charge >= 0.3 is 6.18 Å². The fourth-order valence-corrected chi connectivity index (χ4v) is 1.98. The number of Topliss-reactive ketones (excluding diaryl/α,β-unsaturated/α-hetero) is 1. The van der Waals surface area contributed by atoms with Crippen molar-refractivity contribution in [2.45, 2.75) is 32.5 Å². The van der Waals surface area contributed by atoms with E-state index in [1.807, 2.05) is 6.92 Å². The molecule has 0 unspecified atom stereocenters. The Balaban J connectivity index is 2.18. The molecule has 0 bridgehead atoms. The van der Waals surface area contributed by atoms with Gasteiger partial charge in [-0.25, -0.2) is 4.68 Å². The molecule has 0 aliphatic heterocycles. The first-order valence-corrected chi connectivity index (χ1v) is 6.49. The lowest BCUT2D eigenvalue weighted by Gasteiger charge is -2.08. The average molecular weight is 297 g/mol. The van der Waals surface area contributed by atoms with Crippen molar-refractivity contribution in [3.05, 3.63) is 47.3 Å². The Morgan fingerprint density at radius 2 is 2.10 bits per heavy atom. The molecular formula is C14H14F3N3O. The molecule has 4 nitrogen and oxygen atoms in total. The smallest absolute Gasteiger partial charge is 0.292 e. The third-order valence-corrected chi connectivity index (χ3v) is 2.96. The van der Waals surface area contributed by atoms with Gasteiger partial charge in [0.05, 0.1) is 11.8 Å². The zero-order valence-corrected chi connectivity index (χ0v) is 11.4. The molecular weight excluding hydrogens is 283 g/mol. The van der Waals surface area contributed by atoms with Crippen LogP contribution in [0.4, 0.5) is 13.2 Å². The summed E-state index contributed by atoms with van der Waals surface area (Å²) < 4.78 is 39.4. The maximum atomic E-state index is 12.6. The van der Waals surface area contributed by atoms with Gasteiger partial charge in [-0.05, 0) is 18.1 Å². The molecule has 0 saturated heterocycles. The van der Waals surface area contributed by atoms with Crippen molar-refractivity contribution >= 4 is 5.78 Å². The second-order valence-electron chi connectivity index (χ2n) is 4.64. The highest BCUT2D eigenvalue weighted by molar-refractivity contribution is 5.95. The first-order chi connectivity index (χ1) is 9.91. The van der Waals surface area contributed by atoms with Gasteiger partial charge in [-0.3, -0.25) is 4.79 Å². The van der Waals surface area contributed by atoms with E-state index in [-0.39, 0.29) is 12.2 Å². The van der Waals surface area contributed by atoms with Gasteiger partial charge in [-0.15, -0.1) is 5.10 Å². The molecule has 2 rings (SSSR count). The average Bonchev–Trinajstić information content (AvgIpc) is 2.87. The molecule has 21 heavy (non-hydrogen) atoms. The van der Waals surface area contributed by atoms with E-state index in [4.69, 9.17) is 0 Å². The van der Waals surface area contributed by atoms with E-state index in [1.54, 1.807) is 0 Å². The van der Waals surface area contributed by atoms with Crippen molar-refractivity contribution in [2.75, 3.05) is 0 Å². The van der Waals surface area contributed by atoms with E-state index in [2.05, 4.69) is 10.3 Å². The van der Waals surface area contributed by atoms with Crippen LogP contribution in [-0.4, -0.2) is 20.8 Å². The number of carbonyl (C=O) groups is 1. The number of carbonyl (C=O) groups excluding carboxylic acids is 1. The molecule has 0 amide bonds. The number of benzene rings is 1. The fourth-order valence-electron chi connectivity index (χ4n) is 1.98. The van der Waals surface area contributed by atoms with E-state index < -0.39 is 11.7 Å². The number of rotatable bonds is 5. The van der Waals surface area contributed by atoms with Gasteiger partial charge in [0.1, 0.15) is 5.69 Å². The quantitative estimate of drug-likeness (QED) is 0.797. The molecule has 0 fully saturated rings. The van der Waals surface area contributed by atoms with E-state index in [0.717, 1.165) is 18.6 Å². The van der Waals surface area contributed by atoms with Gasteiger partial charge in [0, 0.05) is 13.0 Å². The number of aryl methyl sites for hydroxylation is 1. The molecule has 7 heteroatoms. The van der Waals surface area contributed by atoms with Gasteiger partial charge in [-0.1, -0.05) is 30.3 Å². The molecule has 0 aliphatic rings. The number of aromatic nitrogens is 3. The summed E-state index contributed by atoms with van der Waals surface area (Å²) in [5.41, 5.74) is -0.124. The molecule has 0 aliphatic carbocycles. The lowest BCUT2D eigenvalue weighted by atomic mass is 10.0. The molecule has 1 aromatic heterocycles. The third-order valence-electron chi connectivity index (χ3n) is 2.96. The maximum absolute atomic E-state index is 12.6. The van der Waals surface area contributed by atoms with Crippen LogP contribution in [0.5, 0.6) is 0 Å². The number of alkyl halides is 3. The van der Waals surface area contributed by atoms with Crippen LogP contribution in [0, 0.1) is 0 Å². The van der Waals surface area contributed by atoms with Crippen LogP contribution in [0.2, 0.25) is 0 Å². The normalized spacial score (nSPS) is 11.6. The largest absolute Gasteiger partial charge is 0.416 e. The minimum Gasteiger partial charge on any atom is -0.292 e. The van der Waals surface area contributed by atoms with Crippen molar-refractivity contribution < 1.29 is 18.0 Å². The highest BCUT2D eigenvalue weighted by Crippen LogP contribution is 2.29. The Morgan fingerprint density at radius 1 is 1.33 bits per heavy atom. The van der Waals surface area contributed by atoms with Crippen molar-refractivity contribution in [2.24, 2.45) is 0 Å². The molecule has 1 heterocycles. The molecule has 1 aromatic carbocycles. The molecule has 0 spiro atoms. The number of halogens is 3. The Labute approximate surface area is 119 Å². The lowest BCUT2D eigenvalue weighted by Crippen LogP contribution is -2.13. The maximum Gasteiger partial charge on any atom is 0.416 e. The Morgan fingerprint density at radius 3 is 2.76 bits per heavy atom. The second-order valence-corrected chi connectivity index (χ2v) is 4.64. The Kier molecular flexibility index (Phi) is 4.40. The summed E-state index contributed by atoms with van der Waals surface area (Å²) in [5.74, 6) is -0.298. The SMILES string of the molecule is CCCn1nncc1C(=O)Cc1cccc(C(F)(F)F)c1. The first-order valence-electron chi connectivity index (χ1n) is 6.49. The van der Waals surface area contributed by atoms with Gasteiger partial charge in [-0.2, -0.15) is 13.2 Å². The van der Waals surface area contributed by atoms with Crippen molar-refractivity contribution in [1.29, 1.82) is 0 Å². The Hall–Kier alpha value is -2.18. The number of hydrogen-bond donors (Lipinski definition) is 0. The number of ketones is 1. The van der Waals surface area contributed by atoms with E-state index in [1.165, 1.54) is 23.0 Å². The highest BCUT2D eigenvalue weighted by atomic mass is 19.4. The first kappa shape index (κ1) is 15.2. The minimum absolute atomic E-state index is 0.110. The third kappa shape index (κ3) is 3.68. The lowest BCUT2D eigenvalue weighted by molar-refractivity contribution is -0.137. The van der Waals surface area contributed by atoms with Gasteiger partial charge < -0.3 is 0 Å². The zero-order valence-electron chi connectivity index (χ0n) is 11.4. The number of nitrogens with zero attached hydrogens (tertiary/aromatic N) is 3. The predicted molar refractivity (Wildman–Crippen MR) is 69.8 cm³/mol. The topological polar surface area (TPSA) is 47.8 Å². The summed E-state index contributed by atoms with van der Waals surface area (Å²) >= 11 is 0. The highest BCUT2D eigenvalue weighted by Gasteiger charge is 2.30. The number of hydrogen-bond acceptors (Lipinski definition) is 3. The monoisotopic (exact) mass is 297 g/mol. The summed E-state index contributed by atoms with van der Waals surface area (Å²) in [6.07, 6.45) is -2.40. The zero-order chi connectivity index (χ0) is 15.5. The van der Waals surface area contributed by atoms with Gasteiger partial charge in [0.2, 0.25) is 0 Å². The minimum atomic E-state index is -4.41. The second kappa shape index (κ2) is 6.07. The van der Waals surface area contributed by atoms with Crippen LogP contribution in [0.25, 0.3) is 0 Å². The van der Waals surface area contributed by atoms with Crippen molar-refractivity contribution in [3.8, 4) is 0 Å². The summed E-state index contributed by atoms with van der Waals surface area (Å²) in [6.45, 7) is 2.48. The fraction of sp³-hybridized carbons (Fsp3) is 0.357. The van der Waals surface area contributed by atoms with Crippen LogP contribution in [-0.2, 0) is 19.1 Å². The van der Waals surface area contributed by atoms with E-state index in [0.29, 0.717) is 17.8 Å². The van der Waals surface area contributed by atoms with E-state index >= 15 is 0 Å². The van der Waals surface area contributed by atoms with Gasteiger partial charge in [0.25, 0.3) is 0 Å². The van der Waals surface area contributed by atoms with Crippen LogP contribution in [0.1, 0.15) is 35.0 Å². The van der Waals surface area contributed by atoms with Crippen LogP contribution in [0.15, 0.2) is 30.5 Å². The van der Waals surface area contributed by atoms with E-state index in [9.17, 15) is 18.0 Å². The standard InChI is InChI=1S/C14H14F3N3O/c1-2-6-20-12(9-18-19-20)13(21)8-10-4-3-5-11(7-10)14(15,16)17/h3-5,7,9H,2,6,8H2,1H3. The Bertz CT molecular complexity index is 634. The van der Waals surface area contributed by atoms with Crippen LogP contribution >= 0.6 is 0 Å². The summed E-state index contributed by atoms with van der Waals surface area (Å²) in [6, 6.07) is 4.77. The molecule has 0 saturated carbocycles. The predicted octanol–water partition coefficient (Wildman–Crippen LogP) is 3.13. The van der Waals surface area contributed by atoms with Gasteiger partial charge in [0.15, 0.2) is 5.78 Å². The molecule has 2 aromatic rings. The molecule has 0 atom stereocenters. The summed E-state index contributed by atoms with van der Waals surface area (Å²) in [5, 5.41) is 7.46. The van der Waals surface area contributed by atoms with Crippen molar-refractivity contribution in [1.82, 2.24) is 15.0 Å². The summed E-state index contributed by atoms with van der Waals surface area (Å²) in [7, 11) is 0. The van der Waals surface area contributed by atoms with Crippen LogP contribution < -0.4 is 0 Å². The molecule has 0 N–H and O–H groups in total. The summed E-state index contributed by atoms with van der Waals surface area (Å²) in [4.78, 5) is 12.1.